The quantitative estimate of drug-likeness (QED) is 0.645. The molecule has 19 heavy (non-hydrogen) atoms. The minimum absolute atomic E-state index is 0.178. The Morgan fingerprint density at radius 1 is 1.11 bits per heavy atom. The predicted molar refractivity (Wildman–Crippen MR) is 77.8 cm³/mol. The van der Waals surface area contributed by atoms with Crippen LogP contribution in [0.5, 0.6) is 0 Å². The number of nitrogens with one attached hydrogen (secondary N) is 1. The van der Waals surface area contributed by atoms with Crippen molar-refractivity contribution in [3.63, 3.8) is 0 Å². The van der Waals surface area contributed by atoms with Crippen molar-refractivity contribution < 1.29 is 9.13 Å². The summed E-state index contributed by atoms with van der Waals surface area (Å²) in [6.07, 6.45) is 4.34. The second-order valence-corrected chi connectivity index (χ2v) is 4.79. The third kappa shape index (κ3) is 6.69. The second kappa shape index (κ2) is 9.93. The second-order valence-electron chi connectivity index (χ2n) is 4.79. The van der Waals surface area contributed by atoms with Crippen molar-refractivity contribution in [3.8, 4) is 0 Å². The summed E-state index contributed by atoms with van der Waals surface area (Å²) in [5, 5.41) is 3.49. The standard InChI is InChI=1S/C16H26FNO/c1-3-5-12-19-13-6-11-18-16(4-2)14-7-9-15(17)10-8-14/h7-10,16,18H,3-6,11-13H2,1-2H3. The molecule has 0 radical (unpaired) electrons. The van der Waals surface area contributed by atoms with Gasteiger partial charge in [0, 0.05) is 19.3 Å². The maximum absolute atomic E-state index is 12.9. The molecule has 0 aromatic heterocycles. The smallest absolute Gasteiger partial charge is 0.123 e. The first-order valence-electron chi connectivity index (χ1n) is 7.34. The third-order valence-corrected chi connectivity index (χ3v) is 3.18. The molecule has 0 spiro atoms. The lowest BCUT2D eigenvalue weighted by atomic mass is 10.0. The highest BCUT2D eigenvalue weighted by atomic mass is 19.1. The number of rotatable bonds is 10. The van der Waals surface area contributed by atoms with E-state index in [0.29, 0.717) is 6.04 Å². The molecule has 0 aliphatic rings. The normalized spacial score (nSPS) is 12.6. The molecule has 1 unspecified atom stereocenters. The molecular weight excluding hydrogens is 241 g/mol. The van der Waals surface area contributed by atoms with Gasteiger partial charge in [0.2, 0.25) is 0 Å². The Balaban J connectivity index is 2.20. The molecule has 2 nitrogen and oxygen atoms in total. The van der Waals surface area contributed by atoms with Crippen molar-refractivity contribution in [2.75, 3.05) is 19.8 Å². The Bertz CT molecular complexity index is 326. The summed E-state index contributed by atoms with van der Waals surface area (Å²) in [6.45, 7) is 6.92. The summed E-state index contributed by atoms with van der Waals surface area (Å²) in [5.74, 6) is -0.178. The Kier molecular flexibility index (Phi) is 8.43. The van der Waals surface area contributed by atoms with Crippen molar-refractivity contribution in [3.05, 3.63) is 35.6 Å². The first kappa shape index (κ1) is 16.1. The van der Waals surface area contributed by atoms with E-state index in [2.05, 4.69) is 19.2 Å². The molecule has 0 heterocycles. The molecule has 0 amide bonds. The lowest BCUT2D eigenvalue weighted by molar-refractivity contribution is 0.128. The molecule has 1 aromatic rings. The minimum atomic E-state index is -0.178. The Morgan fingerprint density at radius 3 is 2.42 bits per heavy atom. The van der Waals surface area contributed by atoms with Gasteiger partial charge in [-0.15, -0.1) is 0 Å². The summed E-state index contributed by atoms with van der Waals surface area (Å²) in [7, 11) is 0. The van der Waals surface area contributed by atoms with Gasteiger partial charge in [-0.1, -0.05) is 32.4 Å². The van der Waals surface area contributed by atoms with E-state index in [0.717, 1.165) is 44.6 Å². The molecule has 1 aromatic carbocycles. The van der Waals surface area contributed by atoms with Crippen molar-refractivity contribution in [1.82, 2.24) is 5.32 Å². The largest absolute Gasteiger partial charge is 0.381 e. The topological polar surface area (TPSA) is 21.3 Å². The van der Waals surface area contributed by atoms with E-state index in [9.17, 15) is 4.39 Å². The van der Waals surface area contributed by atoms with Crippen molar-refractivity contribution >= 4 is 0 Å². The fourth-order valence-electron chi connectivity index (χ4n) is 1.99. The highest BCUT2D eigenvalue weighted by Crippen LogP contribution is 2.16. The van der Waals surface area contributed by atoms with Gasteiger partial charge in [-0.2, -0.15) is 0 Å². The van der Waals surface area contributed by atoms with E-state index in [4.69, 9.17) is 4.74 Å². The van der Waals surface area contributed by atoms with Crippen LogP contribution in [-0.2, 0) is 4.74 Å². The molecule has 1 N–H and O–H groups in total. The average molecular weight is 267 g/mol. The predicted octanol–water partition coefficient (Wildman–Crippen LogP) is 4.07. The zero-order valence-electron chi connectivity index (χ0n) is 12.1. The van der Waals surface area contributed by atoms with Gasteiger partial charge in [0.1, 0.15) is 5.82 Å². The zero-order valence-corrected chi connectivity index (χ0v) is 12.1. The van der Waals surface area contributed by atoms with Gasteiger partial charge in [0.05, 0.1) is 0 Å². The number of benzene rings is 1. The average Bonchev–Trinajstić information content (AvgIpc) is 2.43. The van der Waals surface area contributed by atoms with Crippen LogP contribution >= 0.6 is 0 Å². The van der Waals surface area contributed by atoms with E-state index < -0.39 is 0 Å². The molecule has 3 heteroatoms. The lowest BCUT2D eigenvalue weighted by Crippen LogP contribution is -2.22. The van der Waals surface area contributed by atoms with E-state index in [1.807, 2.05) is 12.1 Å². The van der Waals surface area contributed by atoms with Gasteiger partial charge < -0.3 is 10.1 Å². The van der Waals surface area contributed by atoms with Crippen LogP contribution in [0, 0.1) is 5.82 Å². The van der Waals surface area contributed by atoms with Crippen molar-refractivity contribution in [2.45, 2.75) is 45.6 Å². The first-order chi connectivity index (χ1) is 9.27. The van der Waals surface area contributed by atoms with Gasteiger partial charge in [-0.3, -0.25) is 0 Å². The van der Waals surface area contributed by atoms with Gasteiger partial charge in [-0.25, -0.2) is 4.39 Å². The van der Waals surface area contributed by atoms with Crippen LogP contribution in [-0.4, -0.2) is 19.8 Å². The Morgan fingerprint density at radius 2 is 1.79 bits per heavy atom. The fraction of sp³-hybridized carbons (Fsp3) is 0.625. The number of hydrogen-bond donors (Lipinski definition) is 1. The molecular formula is C16H26FNO. The van der Waals surface area contributed by atoms with Gasteiger partial charge in [0.15, 0.2) is 0 Å². The first-order valence-corrected chi connectivity index (χ1v) is 7.34. The molecule has 0 bridgehead atoms. The molecule has 0 fully saturated rings. The van der Waals surface area contributed by atoms with Crippen LogP contribution in [0.1, 0.15) is 51.1 Å². The molecule has 0 aliphatic carbocycles. The molecule has 1 atom stereocenters. The summed E-state index contributed by atoms with van der Waals surface area (Å²) in [6, 6.07) is 7.06. The molecule has 108 valence electrons. The Hall–Kier alpha value is -0.930. The van der Waals surface area contributed by atoms with E-state index in [1.165, 1.54) is 18.6 Å². The summed E-state index contributed by atoms with van der Waals surface area (Å²) < 4.78 is 18.4. The maximum Gasteiger partial charge on any atom is 0.123 e. The minimum Gasteiger partial charge on any atom is -0.381 e. The van der Waals surface area contributed by atoms with Crippen LogP contribution in [0.4, 0.5) is 4.39 Å². The SMILES string of the molecule is CCCCOCCCNC(CC)c1ccc(F)cc1. The van der Waals surface area contributed by atoms with Crippen LogP contribution in [0.3, 0.4) is 0 Å². The summed E-state index contributed by atoms with van der Waals surface area (Å²) in [4.78, 5) is 0. The maximum atomic E-state index is 12.9. The lowest BCUT2D eigenvalue weighted by Gasteiger charge is -2.17. The number of unbranched alkanes of at least 4 members (excludes halogenated alkanes) is 1. The summed E-state index contributed by atoms with van der Waals surface area (Å²) in [5.41, 5.74) is 1.15. The molecule has 0 saturated carbocycles. The molecule has 1 rings (SSSR count). The highest BCUT2D eigenvalue weighted by Gasteiger charge is 2.07. The summed E-state index contributed by atoms with van der Waals surface area (Å²) >= 11 is 0. The molecule has 0 saturated heterocycles. The van der Waals surface area contributed by atoms with Crippen molar-refractivity contribution in [1.29, 1.82) is 0 Å². The van der Waals surface area contributed by atoms with Crippen LogP contribution in [0.2, 0.25) is 0 Å². The highest BCUT2D eigenvalue weighted by molar-refractivity contribution is 5.19. The van der Waals surface area contributed by atoms with E-state index in [1.54, 1.807) is 0 Å². The number of ether oxygens (including phenoxy) is 1. The fourth-order valence-corrected chi connectivity index (χ4v) is 1.99. The van der Waals surface area contributed by atoms with Crippen LogP contribution in [0.15, 0.2) is 24.3 Å². The van der Waals surface area contributed by atoms with Crippen LogP contribution in [0.25, 0.3) is 0 Å². The third-order valence-electron chi connectivity index (χ3n) is 3.18. The monoisotopic (exact) mass is 267 g/mol. The Labute approximate surface area is 116 Å². The zero-order chi connectivity index (χ0) is 13.9. The van der Waals surface area contributed by atoms with Crippen molar-refractivity contribution in [2.24, 2.45) is 0 Å². The van der Waals surface area contributed by atoms with Crippen LogP contribution < -0.4 is 5.32 Å². The number of halogens is 1. The van der Waals surface area contributed by atoms with Gasteiger partial charge in [-0.05, 0) is 43.5 Å². The number of hydrogen-bond acceptors (Lipinski definition) is 2. The van der Waals surface area contributed by atoms with Gasteiger partial charge >= 0.3 is 0 Å². The van der Waals surface area contributed by atoms with Gasteiger partial charge in [0.25, 0.3) is 0 Å². The van der Waals surface area contributed by atoms with E-state index >= 15 is 0 Å². The van der Waals surface area contributed by atoms with E-state index in [-0.39, 0.29) is 5.82 Å². The molecule has 0 aliphatic heterocycles.